The number of rotatable bonds is 6. The SMILES string of the molecule is C=N/C=C\C(=C/C)Cc1nc2ccccc2n1Cc1cc(Cl)ccc1Cl. The molecule has 0 amide bonds. The minimum absolute atomic E-state index is 0.607. The molecule has 3 aromatic rings. The average molecular weight is 384 g/mol. The van der Waals surface area contributed by atoms with Crippen molar-refractivity contribution in [1.82, 2.24) is 9.55 Å². The van der Waals surface area contributed by atoms with Gasteiger partial charge < -0.3 is 4.57 Å². The van der Waals surface area contributed by atoms with Crippen LogP contribution in [0.2, 0.25) is 10.0 Å². The van der Waals surface area contributed by atoms with Gasteiger partial charge in [0, 0.05) is 22.7 Å². The maximum Gasteiger partial charge on any atom is 0.114 e. The summed E-state index contributed by atoms with van der Waals surface area (Å²) < 4.78 is 2.19. The molecule has 2 aromatic carbocycles. The van der Waals surface area contributed by atoms with Gasteiger partial charge in [0.2, 0.25) is 0 Å². The molecule has 0 aliphatic carbocycles. The number of aliphatic imine (C=N–C) groups is 1. The smallest absolute Gasteiger partial charge is 0.114 e. The number of para-hydroxylation sites is 2. The molecule has 3 rings (SSSR count). The number of halogens is 2. The fraction of sp³-hybridized carbons (Fsp3) is 0.143. The fourth-order valence-corrected chi connectivity index (χ4v) is 3.23. The highest BCUT2D eigenvalue weighted by Gasteiger charge is 2.13. The van der Waals surface area contributed by atoms with Crippen LogP contribution in [0.1, 0.15) is 18.3 Å². The van der Waals surface area contributed by atoms with Crippen LogP contribution in [0.3, 0.4) is 0 Å². The van der Waals surface area contributed by atoms with Crippen LogP contribution in [0.25, 0.3) is 11.0 Å². The maximum absolute atomic E-state index is 6.38. The number of allylic oxidation sites excluding steroid dienone is 3. The van der Waals surface area contributed by atoms with Crippen molar-refractivity contribution in [2.24, 2.45) is 4.99 Å². The third-order valence-corrected chi connectivity index (χ3v) is 4.80. The Morgan fingerprint density at radius 2 is 2.04 bits per heavy atom. The van der Waals surface area contributed by atoms with Crippen molar-refractivity contribution in [3.8, 4) is 0 Å². The summed E-state index contributed by atoms with van der Waals surface area (Å²) in [5.41, 5.74) is 4.11. The highest BCUT2D eigenvalue weighted by Crippen LogP contribution is 2.25. The Morgan fingerprint density at radius 3 is 2.81 bits per heavy atom. The van der Waals surface area contributed by atoms with Crippen molar-refractivity contribution in [3.05, 3.63) is 87.8 Å². The average Bonchev–Trinajstić information content (AvgIpc) is 2.99. The predicted octanol–water partition coefficient (Wildman–Crippen LogP) is 6.09. The molecule has 1 aromatic heterocycles. The van der Waals surface area contributed by atoms with Crippen molar-refractivity contribution in [3.63, 3.8) is 0 Å². The van der Waals surface area contributed by atoms with Crippen molar-refractivity contribution >= 4 is 41.0 Å². The monoisotopic (exact) mass is 383 g/mol. The van der Waals surface area contributed by atoms with Gasteiger partial charge >= 0.3 is 0 Å². The van der Waals surface area contributed by atoms with Crippen LogP contribution < -0.4 is 0 Å². The number of hydrogen-bond acceptors (Lipinski definition) is 2. The van der Waals surface area contributed by atoms with Gasteiger partial charge in [-0.3, -0.25) is 4.99 Å². The first-order valence-electron chi connectivity index (χ1n) is 8.28. The molecule has 3 nitrogen and oxygen atoms in total. The topological polar surface area (TPSA) is 30.2 Å². The molecule has 0 spiro atoms. The molecule has 132 valence electrons. The Bertz CT molecular complexity index is 1000. The Labute approximate surface area is 163 Å². The van der Waals surface area contributed by atoms with E-state index in [4.69, 9.17) is 28.2 Å². The second-order valence-corrected chi connectivity index (χ2v) is 6.72. The van der Waals surface area contributed by atoms with E-state index >= 15 is 0 Å². The molecule has 0 unspecified atom stereocenters. The van der Waals surface area contributed by atoms with E-state index in [1.165, 1.54) is 0 Å². The van der Waals surface area contributed by atoms with Crippen LogP contribution in [0.15, 0.2) is 71.4 Å². The zero-order chi connectivity index (χ0) is 18.5. The van der Waals surface area contributed by atoms with Gasteiger partial charge in [0.1, 0.15) is 5.82 Å². The zero-order valence-corrected chi connectivity index (χ0v) is 16.0. The fourth-order valence-electron chi connectivity index (χ4n) is 2.86. The summed E-state index contributed by atoms with van der Waals surface area (Å²) in [6.45, 7) is 6.10. The van der Waals surface area contributed by atoms with E-state index in [1.807, 2.05) is 43.3 Å². The van der Waals surface area contributed by atoms with E-state index in [-0.39, 0.29) is 0 Å². The van der Waals surface area contributed by atoms with Gasteiger partial charge in [0.15, 0.2) is 0 Å². The predicted molar refractivity (Wildman–Crippen MR) is 111 cm³/mol. The van der Waals surface area contributed by atoms with E-state index in [9.17, 15) is 0 Å². The molecule has 1 heterocycles. The second kappa shape index (κ2) is 8.35. The lowest BCUT2D eigenvalue weighted by Gasteiger charge is -2.12. The van der Waals surface area contributed by atoms with E-state index in [0.717, 1.165) is 28.0 Å². The number of benzene rings is 2. The van der Waals surface area contributed by atoms with E-state index in [0.29, 0.717) is 23.0 Å². The highest BCUT2D eigenvalue weighted by atomic mass is 35.5. The van der Waals surface area contributed by atoms with Crippen molar-refractivity contribution in [2.45, 2.75) is 19.9 Å². The van der Waals surface area contributed by atoms with Crippen LogP contribution in [0.5, 0.6) is 0 Å². The van der Waals surface area contributed by atoms with Crippen LogP contribution in [-0.4, -0.2) is 16.3 Å². The number of imidazole rings is 1. The zero-order valence-electron chi connectivity index (χ0n) is 14.5. The summed E-state index contributed by atoms with van der Waals surface area (Å²) in [5, 5.41) is 1.37. The summed E-state index contributed by atoms with van der Waals surface area (Å²) in [5.74, 6) is 0.962. The molecule has 0 N–H and O–H groups in total. The molecule has 0 aliphatic heterocycles. The molecular formula is C21H19Cl2N3. The van der Waals surface area contributed by atoms with Gasteiger partial charge in [-0.05, 0) is 61.2 Å². The Kier molecular flexibility index (Phi) is 5.92. The van der Waals surface area contributed by atoms with Gasteiger partial charge in [0.05, 0.1) is 17.6 Å². The summed E-state index contributed by atoms with van der Waals surface area (Å²) in [6.07, 6.45) is 6.38. The summed E-state index contributed by atoms with van der Waals surface area (Å²) in [4.78, 5) is 8.61. The van der Waals surface area contributed by atoms with Gasteiger partial charge in [-0.15, -0.1) is 0 Å². The maximum atomic E-state index is 6.38. The van der Waals surface area contributed by atoms with Gasteiger partial charge in [-0.1, -0.05) is 41.4 Å². The molecule has 0 saturated heterocycles. The second-order valence-electron chi connectivity index (χ2n) is 5.88. The van der Waals surface area contributed by atoms with Crippen molar-refractivity contribution in [1.29, 1.82) is 0 Å². The first-order valence-corrected chi connectivity index (χ1v) is 9.03. The molecule has 0 aliphatic rings. The van der Waals surface area contributed by atoms with Crippen LogP contribution >= 0.6 is 23.2 Å². The quantitative estimate of drug-likeness (QED) is 0.373. The molecule has 0 radical (unpaired) electrons. The van der Waals surface area contributed by atoms with Gasteiger partial charge in [0.25, 0.3) is 0 Å². The van der Waals surface area contributed by atoms with Crippen molar-refractivity contribution in [2.75, 3.05) is 0 Å². The molecule has 26 heavy (non-hydrogen) atoms. The number of aromatic nitrogens is 2. The minimum atomic E-state index is 0.607. The first kappa shape index (κ1) is 18.4. The molecule has 0 atom stereocenters. The molecule has 5 heteroatoms. The first-order chi connectivity index (χ1) is 12.6. The van der Waals surface area contributed by atoms with Gasteiger partial charge in [-0.25, -0.2) is 4.98 Å². The summed E-state index contributed by atoms with van der Waals surface area (Å²) >= 11 is 12.5. The van der Waals surface area contributed by atoms with Gasteiger partial charge in [-0.2, -0.15) is 0 Å². The largest absolute Gasteiger partial charge is 0.323 e. The third-order valence-electron chi connectivity index (χ3n) is 4.20. The Morgan fingerprint density at radius 1 is 1.23 bits per heavy atom. The lowest BCUT2D eigenvalue weighted by molar-refractivity contribution is 0.762. The number of nitrogens with zero attached hydrogens (tertiary/aromatic N) is 3. The lowest BCUT2D eigenvalue weighted by Crippen LogP contribution is -2.06. The van der Waals surface area contributed by atoms with Crippen LogP contribution in [0.4, 0.5) is 0 Å². The van der Waals surface area contributed by atoms with E-state index in [1.54, 1.807) is 12.3 Å². The Balaban J connectivity index is 2.06. The normalized spacial score (nSPS) is 12.2. The lowest BCUT2D eigenvalue weighted by atomic mass is 10.1. The third kappa shape index (κ3) is 4.06. The minimum Gasteiger partial charge on any atom is -0.323 e. The molecule has 0 bridgehead atoms. The Hall–Kier alpha value is -2.36. The molecular weight excluding hydrogens is 365 g/mol. The van der Waals surface area contributed by atoms with Crippen LogP contribution in [0, 0.1) is 0 Å². The number of hydrogen-bond donors (Lipinski definition) is 0. The molecule has 0 fully saturated rings. The summed E-state index contributed by atoms with van der Waals surface area (Å²) in [6, 6.07) is 13.6. The van der Waals surface area contributed by atoms with E-state index in [2.05, 4.69) is 28.4 Å². The van der Waals surface area contributed by atoms with E-state index < -0.39 is 0 Å². The summed E-state index contributed by atoms with van der Waals surface area (Å²) in [7, 11) is 0. The van der Waals surface area contributed by atoms with Crippen molar-refractivity contribution < 1.29 is 0 Å². The standard InChI is InChI=1S/C21H19Cl2N3/c1-3-15(10-11-24-2)12-21-25-19-6-4-5-7-20(19)26(21)14-16-13-17(22)8-9-18(16)23/h3-11,13H,2,12,14H2,1H3/b11-10-,15-3+. The van der Waals surface area contributed by atoms with Crippen LogP contribution in [-0.2, 0) is 13.0 Å². The highest BCUT2D eigenvalue weighted by molar-refractivity contribution is 6.33. The molecule has 0 saturated carbocycles. The number of fused-ring (bicyclic) bond motifs is 1.